The number of nitrogens with zero attached hydrogens (tertiary/aromatic N) is 2. The van der Waals surface area contributed by atoms with Crippen molar-refractivity contribution in [3.05, 3.63) is 35.7 Å². The molecule has 1 aromatic heterocycles. The van der Waals surface area contributed by atoms with E-state index in [2.05, 4.69) is 25.8 Å². The van der Waals surface area contributed by atoms with Crippen LogP contribution in [0.5, 0.6) is 0 Å². The summed E-state index contributed by atoms with van der Waals surface area (Å²) in [6.45, 7) is 6.56. The van der Waals surface area contributed by atoms with Gasteiger partial charge in [0.05, 0.1) is 6.10 Å². The number of aryl methyl sites for hydroxylation is 1. The summed E-state index contributed by atoms with van der Waals surface area (Å²) in [6, 6.07) is 7.40. The molecule has 0 aliphatic rings. The van der Waals surface area contributed by atoms with Crippen molar-refractivity contribution in [2.24, 2.45) is 5.92 Å². The third-order valence-electron chi connectivity index (χ3n) is 3.48. The molecule has 24 heavy (non-hydrogen) atoms. The van der Waals surface area contributed by atoms with Crippen LogP contribution < -0.4 is 10.6 Å². The van der Waals surface area contributed by atoms with Gasteiger partial charge in [-0.2, -0.15) is 5.10 Å². The second-order valence-electron chi connectivity index (χ2n) is 6.29. The van der Waals surface area contributed by atoms with Crippen molar-refractivity contribution in [2.75, 3.05) is 6.54 Å². The van der Waals surface area contributed by atoms with Gasteiger partial charge in [-0.15, -0.1) is 0 Å². The molecule has 7 heteroatoms. The van der Waals surface area contributed by atoms with Crippen molar-refractivity contribution in [3.63, 3.8) is 0 Å². The van der Waals surface area contributed by atoms with Crippen molar-refractivity contribution in [1.82, 2.24) is 25.8 Å². The molecular weight excluding hydrogens is 306 g/mol. The van der Waals surface area contributed by atoms with Gasteiger partial charge in [-0.1, -0.05) is 32.0 Å². The Labute approximate surface area is 141 Å². The van der Waals surface area contributed by atoms with Gasteiger partial charge in [-0.05, 0) is 30.9 Å². The molecule has 2 aromatic rings. The van der Waals surface area contributed by atoms with Crippen LogP contribution in [-0.2, 0) is 6.54 Å². The molecule has 0 radical (unpaired) electrons. The predicted octanol–water partition coefficient (Wildman–Crippen LogP) is 1.99. The Morgan fingerprint density at radius 1 is 1.33 bits per heavy atom. The quantitative estimate of drug-likeness (QED) is 0.623. The highest BCUT2D eigenvalue weighted by atomic mass is 16.3. The number of carbonyl (C=O) groups excluding carboxylic acids is 1. The standard InChI is InChI=1S/C17H25N5O2/c1-11(2)7-15(23)10-19-17(24)18-9-13-5-4-6-14(8-13)16-20-12(3)21-22-16/h4-6,8,11,15,23H,7,9-10H2,1-3H3,(H2,18,19,24)(H,20,21,22). The van der Waals surface area contributed by atoms with Crippen LogP contribution in [0.25, 0.3) is 11.4 Å². The predicted molar refractivity (Wildman–Crippen MR) is 92.3 cm³/mol. The van der Waals surface area contributed by atoms with Crippen LogP contribution in [0.2, 0.25) is 0 Å². The van der Waals surface area contributed by atoms with Crippen LogP contribution in [-0.4, -0.2) is 39.0 Å². The normalized spacial score (nSPS) is 12.2. The molecule has 130 valence electrons. The van der Waals surface area contributed by atoms with Crippen molar-refractivity contribution >= 4 is 6.03 Å². The van der Waals surface area contributed by atoms with Crippen LogP contribution in [0.1, 0.15) is 31.7 Å². The Morgan fingerprint density at radius 3 is 2.79 bits per heavy atom. The number of aromatic amines is 1. The van der Waals surface area contributed by atoms with Gasteiger partial charge < -0.3 is 15.7 Å². The molecule has 2 amide bonds. The van der Waals surface area contributed by atoms with Crippen molar-refractivity contribution < 1.29 is 9.90 Å². The second-order valence-corrected chi connectivity index (χ2v) is 6.29. The first-order valence-corrected chi connectivity index (χ1v) is 8.12. The molecule has 0 aliphatic heterocycles. The first-order valence-electron chi connectivity index (χ1n) is 8.12. The number of nitrogens with one attached hydrogen (secondary N) is 3. The first kappa shape index (κ1) is 17.9. The van der Waals surface area contributed by atoms with E-state index in [9.17, 15) is 9.90 Å². The number of H-pyrrole nitrogens is 1. The summed E-state index contributed by atoms with van der Waals surface area (Å²) in [5, 5.41) is 22.2. The molecule has 1 atom stereocenters. The molecule has 0 fully saturated rings. The Balaban J connectivity index is 1.83. The Kier molecular flexibility index (Phi) is 6.31. The van der Waals surface area contributed by atoms with E-state index in [-0.39, 0.29) is 12.6 Å². The lowest BCUT2D eigenvalue weighted by Crippen LogP contribution is -2.39. The average molecular weight is 331 g/mol. The molecule has 4 N–H and O–H groups in total. The highest BCUT2D eigenvalue weighted by Gasteiger charge is 2.09. The monoisotopic (exact) mass is 331 g/mol. The summed E-state index contributed by atoms with van der Waals surface area (Å²) in [5.74, 6) is 1.79. The van der Waals surface area contributed by atoms with E-state index >= 15 is 0 Å². The molecule has 1 heterocycles. The zero-order valence-corrected chi connectivity index (χ0v) is 14.3. The van der Waals surface area contributed by atoms with Crippen molar-refractivity contribution in [3.8, 4) is 11.4 Å². The maximum atomic E-state index is 11.8. The molecule has 0 aliphatic carbocycles. The molecule has 0 saturated carbocycles. The van der Waals surface area contributed by atoms with Crippen LogP contribution in [0, 0.1) is 12.8 Å². The molecular formula is C17H25N5O2. The zero-order chi connectivity index (χ0) is 17.5. The summed E-state index contributed by atoms with van der Waals surface area (Å²) >= 11 is 0. The van der Waals surface area contributed by atoms with Gasteiger partial charge in [0, 0.05) is 18.7 Å². The molecule has 2 rings (SSSR count). The van der Waals surface area contributed by atoms with E-state index in [4.69, 9.17) is 0 Å². The number of hydrogen-bond acceptors (Lipinski definition) is 4. The van der Waals surface area contributed by atoms with Gasteiger partial charge in [0.25, 0.3) is 0 Å². The third-order valence-corrected chi connectivity index (χ3v) is 3.48. The van der Waals surface area contributed by atoms with Gasteiger partial charge in [-0.3, -0.25) is 5.10 Å². The summed E-state index contributed by atoms with van der Waals surface area (Å²) in [7, 11) is 0. The van der Waals surface area contributed by atoms with Crippen LogP contribution in [0.4, 0.5) is 4.79 Å². The molecule has 7 nitrogen and oxygen atoms in total. The molecule has 1 unspecified atom stereocenters. The van der Waals surface area contributed by atoms with E-state index in [0.29, 0.717) is 24.7 Å². The molecule has 1 aromatic carbocycles. The van der Waals surface area contributed by atoms with Gasteiger partial charge >= 0.3 is 6.03 Å². The number of hydrogen-bond donors (Lipinski definition) is 4. The van der Waals surface area contributed by atoms with Gasteiger partial charge in [0.1, 0.15) is 5.82 Å². The van der Waals surface area contributed by atoms with E-state index in [1.54, 1.807) is 0 Å². The number of urea groups is 1. The van der Waals surface area contributed by atoms with E-state index in [1.807, 2.05) is 45.0 Å². The number of carbonyl (C=O) groups is 1. The largest absolute Gasteiger partial charge is 0.391 e. The number of amides is 2. The molecule has 0 saturated heterocycles. The van der Waals surface area contributed by atoms with E-state index < -0.39 is 6.10 Å². The average Bonchev–Trinajstić information content (AvgIpc) is 2.97. The van der Waals surface area contributed by atoms with Crippen molar-refractivity contribution in [1.29, 1.82) is 0 Å². The lowest BCUT2D eigenvalue weighted by molar-refractivity contribution is 0.147. The Bertz CT molecular complexity index is 669. The maximum Gasteiger partial charge on any atom is 0.315 e. The lowest BCUT2D eigenvalue weighted by atomic mass is 10.1. The fourth-order valence-electron chi connectivity index (χ4n) is 2.38. The minimum absolute atomic E-state index is 0.251. The minimum atomic E-state index is -0.520. The maximum absolute atomic E-state index is 11.8. The number of aromatic nitrogens is 3. The SMILES string of the molecule is Cc1nc(-c2cccc(CNC(=O)NCC(O)CC(C)C)c2)n[nH]1. The van der Waals surface area contributed by atoms with Gasteiger partial charge in [0.15, 0.2) is 5.82 Å². The first-order chi connectivity index (χ1) is 11.4. The minimum Gasteiger partial charge on any atom is -0.391 e. The summed E-state index contributed by atoms with van der Waals surface area (Å²) in [4.78, 5) is 16.1. The summed E-state index contributed by atoms with van der Waals surface area (Å²) in [5.41, 5.74) is 1.85. The fraction of sp³-hybridized carbons (Fsp3) is 0.471. The lowest BCUT2D eigenvalue weighted by Gasteiger charge is -2.14. The second kappa shape index (κ2) is 8.44. The summed E-state index contributed by atoms with van der Waals surface area (Å²) < 4.78 is 0. The zero-order valence-electron chi connectivity index (χ0n) is 14.3. The number of benzene rings is 1. The van der Waals surface area contributed by atoms with Gasteiger partial charge in [0.2, 0.25) is 0 Å². The summed E-state index contributed by atoms with van der Waals surface area (Å²) in [6.07, 6.45) is 0.145. The number of rotatable bonds is 7. The fourth-order valence-corrected chi connectivity index (χ4v) is 2.38. The van der Waals surface area contributed by atoms with Crippen molar-refractivity contribution in [2.45, 2.75) is 39.8 Å². The molecule has 0 spiro atoms. The highest BCUT2D eigenvalue weighted by Crippen LogP contribution is 2.16. The number of aliphatic hydroxyl groups excluding tert-OH is 1. The topological polar surface area (TPSA) is 103 Å². The molecule has 0 bridgehead atoms. The Morgan fingerprint density at radius 2 is 2.12 bits per heavy atom. The van der Waals surface area contributed by atoms with Crippen LogP contribution in [0.3, 0.4) is 0 Å². The van der Waals surface area contributed by atoms with E-state index in [0.717, 1.165) is 17.0 Å². The highest BCUT2D eigenvalue weighted by molar-refractivity contribution is 5.73. The Hall–Kier alpha value is -2.41. The van der Waals surface area contributed by atoms with Gasteiger partial charge in [-0.25, -0.2) is 9.78 Å². The van der Waals surface area contributed by atoms with Crippen LogP contribution >= 0.6 is 0 Å². The third kappa shape index (κ3) is 5.66. The van der Waals surface area contributed by atoms with Crippen LogP contribution in [0.15, 0.2) is 24.3 Å². The van der Waals surface area contributed by atoms with E-state index in [1.165, 1.54) is 0 Å². The smallest absolute Gasteiger partial charge is 0.315 e. The number of aliphatic hydroxyl groups is 1.